The Balaban J connectivity index is 2.19. The van der Waals surface area contributed by atoms with Gasteiger partial charge < -0.3 is 0 Å². The molecule has 0 rings (SSSR count). The predicted octanol–water partition coefficient (Wildman–Crippen LogP) is 0.140. The van der Waals surface area contributed by atoms with E-state index in [1.807, 2.05) is 8.24 Å². The van der Waals surface area contributed by atoms with Crippen molar-refractivity contribution in [3.63, 3.8) is 0 Å². The average molecular weight is 277 g/mol. The summed E-state index contributed by atoms with van der Waals surface area (Å²) < 4.78 is 0. The van der Waals surface area contributed by atoms with Crippen LogP contribution < -0.4 is 5.73 Å². The van der Waals surface area contributed by atoms with Crippen LogP contribution in [-0.2, 0) is 24.6 Å². The molecule has 3 heteroatoms. The molecule has 0 unspecified atom stereocenters. The molecule has 0 aliphatic heterocycles. The van der Waals surface area contributed by atoms with E-state index >= 15 is 0 Å². The fourth-order valence-corrected chi connectivity index (χ4v) is 2.19. The first-order valence-corrected chi connectivity index (χ1v) is 9.37. The summed E-state index contributed by atoms with van der Waals surface area (Å²) in [6, 6.07) is 0. The first-order chi connectivity index (χ1) is 2.41. The summed E-state index contributed by atoms with van der Waals surface area (Å²) in [6.07, 6.45) is 0. The maximum absolute atomic E-state index is 5.15. The van der Waals surface area contributed by atoms with Crippen molar-refractivity contribution in [2.45, 2.75) is 0 Å². The summed E-state index contributed by atoms with van der Waals surface area (Å²) in [5.74, 6) is 1.17. The van der Waals surface area contributed by atoms with E-state index in [1.54, 1.807) is 0 Å². The molecule has 0 spiro atoms. The molecule has 0 aromatic heterocycles. The molecule has 0 radical (unpaired) electrons. The van der Waals surface area contributed by atoms with Crippen LogP contribution in [0.2, 0.25) is 0 Å². The predicted molar refractivity (Wildman–Crippen MR) is 21.5 cm³/mol. The van der Waals surface area contributed by atoms with Gasteiger partial charge >= 0.3 is 50.9 Å². The number of hydrogen-bond donors (Lipinski definition) is 1. The van der Waals surface area contributed by atoms with Crippen molar-refractivity contribution >= 4 is 8.24 Å². The van der Waals surface area contributed by atoms with Crippen molar-refractivity contribution in [3.8, 4) is 0 Å². The van der Waals surface area contributed by atoms with E-state index in [9.17, 15) is 0 Å². The molecule has 0 aliphatic carbocycles. The third-order valence-electron chi connectivity index (χ3n) is 0.262. The van der Waals surface area contributed by atoms with Crippen molar-refractivity contribution in [2.24, 2.45) is 5.73 Å². The Morgan fingerprint density at radius 3 is 2.40 bits per heavy atom. The Morgan fingerprint density at radius 2 is 2.40 bits per heavy atom. The van der Waals surface area contributed by atoms with Crippen molar-refractivity contribution in [3.05, 3.63) is 0 Å². The minimum atomic E-state index is 0.855. The van der Waals surface area contributed by atoms with Gasteiger partial charge in [-0.15, -0.1) is 0 Å². The fraction of sp³-hybridized carbons (Fsp3) is 1.00. The number of hydrogen-bond acceptors (Lipinski definition) is 2. The summed E-state index contributed by atoms with van der Waals surface area (Å²) in [5, 5.41) is 0. The molecule has 0 heterocycles. The van der Waals surface area contributed by atoms with Crippen molar-refractivity contribution in [2.75, 3.05) is 12.3 Å². The molecule has 0 fully saturated rings. The van der Waals surface area contributed by atoms with Gasteiger partial charge in [-0.1, -0.05) is 0 Å². The van der Waals surface area contributed by atoms with Crippen LogP contribution in [0.15, 0.2) is 0 Å². The molecule has 0 aromatic carbocycles. The average Bonchev–Trinajstić information content (AvgIpc) is 1.41. The molecular weight excluding hydrogens is 271 g/mol. The Labute approximate surface area is 50.8 Å². The molecule has 0 aliphatic rings. The number of nitrogens with two attached hydrogens (primary N) is 1. The summed E-state index contributed by atoms with van der Waals surface area (Å²) in [4.78, 5) is 0. The molecule has 0 amide bonds. The van der Waals surface area contributed by atoms with Crippen molar-refractivity contribution in [1.29, 1.82) is 0 Å². The van der Waals surface area contributed by atoms with Gasteiger partial charge in [-0.2, -0.15) is 0 Å². The van der Waals surface area contributed by atoms with Gasteiger partial charge in [0.1, 0.15) is 0 Å². The van der Waals surface area contributed by atoms with E-state index in [2.05, 4.69) is 0 Å². The zero-order chi connectivity index (χ0) is 4.12. The second kappa shape index (κ2) is 5.25. The SMILES string of the molecule is NCC[S][Hg]. The third-order valence-corrected chi connectivity index (χ3v) is 4.15. The summed E-state index contributed by atoms with van der Waals surface area (Å²) >= 11 is 0.910. The van der Waals surface area contributed by atoms with E-state index in [0.29, 0.717) is 0 Å². The van der Waals surface area contributed by atoms with Gasteiger partial charge in [0.05, 0.1) is 0 Å². The topological polar surface area (TPSA) is 26.0 Å². The minimum absolute atomic E-state index is 0.855. The fourth-order valence-electron chi connectivity index (χ4n) is 0.0833. The molecule has 5 heavy (non-hydrogen) atoms. The molecule has 1 nitrogen and oxygen atoms in total. The first kappa shape index (κ1) is 6.25. The molecule has 2 N–H and O–H groups in total. The zero-order valence-electron chi connectivity index (χ0n) is 3.11. The summed E-state index contributed by atoms with van der Waals surface area (Å²) in [7, 11) is 1.97. The van der Waals surface area contributed by atoms with Crippen molar-refractivity contribution in [1.82, 2.24) is 0 Å². The normalized spacial score (nSPS) is 8.60. The van der Waals surface area contributed by atoms with Gasteiger partial charge in [0.25, 0.3) is 0 Å². The molecule has 0 saturated heterocycles. The van der Waals surface area contributed by atoms with Crippen LogP contribution in [0.3, 0.4) is 0 Å². The molecule has 0 aromatic rings. The Hall–Kier alpha value is 1.25. The van der Waals surface area contributed by atoms with Crippen LogP contribution >= 0.6 is 8.24 Å². The Morgan fingerprint density at radius 1 is 1.80 bits per heavy atom. The second-order valence-corrected chi connectivity index (χ2v) is 6.27. The quantitative estimate of drug-likeness (QED) is 0.726. The first-order valence-electron chi connectivity index (χ1n) is 1.49. The van der Waals surface area contributed by atoms with Gasteiger partial charge in [0.15, 0.2) is 0 Å². The van der Waals surface area contributed by atoms with Gasteiger partial charge in [-0.25, -0.2) is 0 Å². The summed E-state index contributed by atoms with van der Waals surface area (Å²) in [5.41, 5.74) is 5.15. The van der Waals surface area contributed by atoms with E-state index < -0.39 is 0 Å². The monoisotopic (exact) mass is 278 g/mol. The molecule has 27 valence electrons. The van der Waals surface area contributed by atoms with Gasteiger partial charge in [0.2, 0.25) is 0 Å². The molecule has 0 saturated carbocycles. The van der Waals surface area contributed by atoms with Crippen LogP contribution in [0.5, 0.6) is 0 Å². The Bertz CT molecular complexity index is 17.1. The molecule has 0 bridgehead atoms. The Kier molecular flexibility index (Phi) is 6.55. The van der Waals surface area contributed by atoms with E-state index in [4.69, 9.17) is 5.73 Å². The van der Waals surface area contributed by atoms with Crippen LogP contribution in [0.4, 0.5) is 0 Å². The number of rotatable bonds is 2. The van der Waals surface area contributed by atoms with Crippen molar-refractivity contribution < 1.29 is 24.6 Å². The van der Waals surface area contributed by atoms with Crippen LogP contribution in [-0.4, -0.2) is 12.3 Å². The standard InChI is InChI=1S/C2H7NS.Hg/c3-1-2-4;/h4H,1-3H2;/q;+1/p-1. The van der Waals surface area contributed by atoms with Gasteiger partial charge in [-0.3, -0.25) is 0 Å². The molecular formula is C2H6HgNS. The van der Waals surface area contributed by atoms with E-state index in [-0.39, 0.29) is 0 Å². The third kappa shape index (κ3) is 5.25. The van der Waals surface area contributed by atoms with Gasteiger partial charge in [-0.05, 0) is 0 Å². The molecule has 0 atom stereocenters. The van der Waals surface area contributed by atoms with Crippen LogP contribution in [0.1, 0.15) is 0 Å². The summed E-state index contributed by atoms with van der Waals surface area (Å²) in [6.45, 7) is 0.855. The van der Waals surface area contributed by atoms with Crippen LogP contribution in [0, 0.1) is 0 Å². The zero-order valence-corrected chi connectivity index (χ0v) is 9.42. The van der Waals surface area contributed by atoms with Crippen LogP contribution in [0.25, 0.3) is 0 Å². The van der Waals surface area contributed by atoms with E-state index in [0.717, 1.165) is 31.2 Å². The maximum atomic E-state index is 5.15. The van der Waals surface area contributed by atoms with E-state index in [1.165, 1.54) is 5.75 Å². The van der Waals surface area contributed by atoms with Gasteiger partial charge in [0, 0.05) is 0 Å². The second-order valence-electron chi connectivity index (χ2n) is 0.697.